The van der Waals surface area contributed by atoms with Crippen LogP contribution in [0.2, 0.25) is 0 Å². The van der Waals surface area contributed by atoms with Crippen LogP contribution in [0, 0.1) is 0 Å². The highest BCUT2D eigenvalue weighted by molar-refractivity contribution is 7.99. The zero-order valence-corrected chi connectivity index (χ0v) is 9.58. The number of nitrogens with zero attached hydrogens (tertiary/aromatic N) is 4. The van der Waals surface area contributed by atoms with Crippen molar-refractivity contribution in [2.24, 2.45) is 0 Å². The van der Waals surface area contributed by atoms with Crippen molar-refractivity contribution < 1.29 is 10.2 Å². The molecule has 0 aliphatic carbocycles. The van der Waals surface area contributed by atoms with Crippen LogP contribution in [-0.4, -0.2) is 47.7 Å². The maximum Gasteiger partial charge on any atom is 0.166 e. The number of hydrogen-bond donors (Lipinski definition) is 3. The Morgan fingerprint density at radius 1 is 1.35 bits per heavy atom. The highest BCUT2D eigenvalue weighted by atomic mass is 32.2. The zero-order valence-electron chi connectivity index (χ0n) is 8.76. The Morgan fingerprint density at radius 2 is 2.18 bits per heavy atom. The number of nitrogens with two attached hydrogens (primary N) is 1. The Hall–Kier alpha value is -1.38. The first-order chi connectivity index (χ1) is 8.18. The van der Waals surface area contributed by atoms with Crippen LogP contribution in [0.4, 0.5) is 5.82 Å². The van der Waals surface area contributed by atoms with E-state index < -0.39 is 12.2 Å². The van der Waals surface area contributed by atoms with Gasteiger partial charge in [-0.2, -0.15) is 0 Å². The standard InChI is InChI=1S/C9H11N5O2S/c10-7-5-8(12-2-11-7)14(3-13-5)9-6(16)4(15)1-17-9/h2-4,6,9,15-16H,1H2,(H2,10,11,12)/t4-,6-,9-/m0/s1. The molecule has 0 unspecified atom stereocenters. The summed E-state index contributed by atoms with van der Waals surface area (Å²) in [6.45, 7) is 0. The third kappa shape index (κ3) is 1.56. The number of nitrogen functional groups attached to an aromatic ring is 1. The normalized spacial score (nSPS) is 28.9. The van der Waals surface area contributed by atoms with Gasteiger partial charge in [-0.3, -0.25) is 4.57 Å². The van der Waals surface area contributed by atoms with E-state index in [1.54, 1.807) is 10.9 Å². The molecule has 17 heavy (non-hydrogen) atoms. The first kappa shape index (κ1) is 10.8. The molecule has 0 saturated carbocycles. The predicted molar refractivity (Wildman–Crippen MR) is 63.2 cm³/mol. The van der Waals surface area contributed by atoms with Crippen molar-refractivity contribution in [2.75, 3.05) is 11.5 Å². The number of rotatable bonds is 1. The van der Waals surface area contributed by atoms with E-state index in [-0.39, 0.29) is 5.37 Å². The lowest BCUT2D eigenvalue weighted by molar-refractivity contribution is 0.0313. The molecule has 1 fully saturated rings. The van der Waals surface area contributed by atoms with Gasteiger partial charge in [0.05, 0.1) is 12.4 Å². The first-order valence-corrected chi connectivity index (χ1v) is 6.14. The second-order valence-corrected chi connectivity index (χ2v) is 5.01. The van der Waals surface area contributed by atoms with Gasteiger partial charge in [-0.1, -0.05) is 0 Å². The van der Waals surface area contributed by atoms with Crippen LogP contribution >= 0.6 is 11.8 Å². The van der Waals surface area contributed by atoms with E-state index in [1.165, 1.54) is 18.1 Å². The van der Waals surface area contributed by atoms with E-state index in [0.717, 1.165) is 0 Å². The molecule has 1 saturated heterocycles. The summed E-state index contributed by atoms with van der Waals surface area (Å²) in [5.41, 5.74) is 6.77. The number of thioether (sulfide) groups is 1. The minimum Gasteiger partial charge on any atom is -0.389 e. The molecular weight excluding hydrogens is 242 g/mol. The molecule has 90 valence electrons. The molecule has 0 bridgehead atoms. The summed E-state index contributed by atoms with van der Waals surface area (Å²) in [5, 5.41) is 19.1. The summed E-state index contributed by atoms with van der Waals surface area (Å²) in [6, 6.07) is 0. The Morgan fingerprint density at radius 3 is 2.88 bits per heavy atom. The Balaban J connectivity index is 2.10. The van der Waals surface area contributed by atoms with Gasteiger partial charge in [0.1, 0.15) is 23.3 Å². The molecule has 0 spiro atoms. The third-order valence-corrected chi connectivity index (χ3v) is 4.17. The van der Waals surface area contributed by atoms with E-state index in [1.807, 2.05) is 0 Å². The highest BCUT2D eigenvalue weighted by Crippen LogP contribution is 2.37. The number of imidazole rings is 1. The number of fused-ring (bicyclic) bond motifs is 1. The smallest absolute Gasteiger partial charge is 0.166 e. The quantitative estimate of drug-likeness (QED) is 0.621. The fourth-order valence-electron chi connectivity index (χ4n) is 1.89. The van der Waals surface area contributed by atoms with Crippen molar-refractivity contribution in [1.82, 2.24) is 19.5 Å². The second-order valence-electron chi connectivity index (χ2n) is 3.86. The van der Waals surface area contributed by atoms with Crippen molar-refractivity contribution in [3.63, 3.8) is 0 Å². The Bertz CT molecular complexity index is 559. The Labute approximate surface area is 101 Å². The largest absolute Gasteiger partial charge is 0.389 e. The third-order valence-electron chi connectivity index (χ3n) is 2.79. The summed E-state index contributed by atoms with van der Waals surface area (Å²) in [6.07, 6.45) is 1.38. The second kappa shape index (κ2) is 3.83. The average Bonchev–Trinajstić information content (AvgIpc) is 2.86. The summed E-state index contributed by atoms with van der Waals surface area (Å²) in [4.78, 5) is 12.1. The lowest BCUT2D eigenvalue weighted by atomic mass is 10.2. The number of aliphatic hydroxyl groups is 2. The molecule has 2 aromatic rings. The van der Waals surface area contributed by atoms with Gasteiger partial charge >= 0.3 is 0 Å². The number of aromatic nitrogens is 4. The molecule has 0 radical (unpaired) electrons. The lowest BCUT2D eigenvalue weighted by Crippen LogP contribution is -2.27. The molecule has 0 aromatic carbocycles. The summed E-state index contributed by atoms with van der Waals surface area (Å²) in [5.74, 6) is 0.804. The summed E-state index contributed by atoms with van der Waals surface area (Å²) < 4.78 is 1.72. The van der Waals surface area contributed by atoms with Gasteiger partial charge in [-0.15, -0.1) is 11.8 Å². The molecule has 3 rings (SSSR count). The van der Waals surface area contributed by atoms with Crippen LogP contribution in [0.15, 0.2) is 12.7 Å². The van der Waals surface area contributed by atoms with Crippen molar-refractivity contribution >= 4 is 28.7 Å². The molecule has 4 N–H and O–H groups in total. The Kier molecular flexibility index (Phi) is 2.42. The van der Waals surface area contributed by atoms with Gasteiger partial charge in [-0.25, -0.2) is 15.0 Å². The number of hydrogen-bond acceptors (Lipinski definition) is 7. The van der Waals surface area contributed by atoms with Gasteiger partial charge in [0.2, 0.25) is 0 Å². The van der Waals surface area contributed by atoms with Crippen molar-refractivity contribution in [2.45, 2.75) is 17.6 Å². The van der Waals surface area contributed by atoms with E-state index >= 15 is 0 Å². The zero-order chi connectivity index (χ0) is 12.0. The maximum absolute atomic E-state index is 9.86. The predicted octanol–water partition coefficient (Wildman–Crippen LogP) is -0.624. The molecule has 1 aliphatic heterocycles. The highest BCUT2D eigenvalue weighted by Gasteiger charge is 2.36. The minimum absolute atomic E-state index is 0.288. The van der Waals surface area contributed by atoms with Gasteiger partial charge < -0.3 is 15.9 Å². The fraction of sp³-hybridized carbons (Fsp3) is 0.444. The van der Waals surface area contributed by atoms with Crippen LogP contribution in [0.3, 0.4) is 0 Å². The van der Waals surface area contributed by atoms with E-state index in [2.05, 4.69) is 15.0 Å². The van der Waals surface area contributed by atoms with Crippen molar-refractivity contribution in [3.8, 4) is 0 Å². The number of aliphatic hydroxyl groups excluding tert-OH is 2. The molecule has 8 heteroatoms. The van der Waals surface area contributed by atoms with Gasteiger partial charge in [0.25, 0.3) is 0 Å². The maximum atomic E-state index is 9.86. The van der Waals surface area contributed by atoms with Crippen LogP contribution < -0.4 is 5.73 Å². The van der Waals surface area contributed by atoms with Crippen molar-refractivity contribution in [1.29, 1.82) is 0 Å². The van der Waals surface area contributed by atoms with E-state index in [9.17, 15) is 10.2 Å². The molecule has 3 atom stereocenters. The monoisotopic (exact) mass is 253 g/mol. The molecule has 7 nitrogen and oxygen atoms in total. The van der Waals surface area contributed by atoms with Gasteiger partial charge in [0, 0.05) is 5.75 Å². The van der Waals surface area contributed by atoms with Gasteiger partial charge in [0.15, 0.2) is 11.5 Å². The minimum atomic E-state index is -0.825. The van der Waals surface area contributed by atoms with Crippen LogP contribution in [0.25, 0.3) is 11.2 Å². The summed E-state index contributed by atoms with van der Waals surface area (Å²) >= 11 is 1.46. The van der Waals surface area contributed by atoms with Crippen LogP contribution in [0.5, 0.6) is 0 Å². The molecule has 1 aliphatic rings. The topological polar surface area (TPSA) is 110 Å². The first-order valence-electron chi connectivity index (χ1n) is 5.09. The lowest BCUT2D eigenvalue weighted by Gasteiger charge is -2.16. The SMILES string of the molecule is Nc1ncnc2c1ncn2[C@H]1SC[C@H](O)[C@@H]1O. The van der Waals surface area contributed by atoms with Gasteiger partial charge in [-0.05, 0) is 0 Å². The van der Waals surface area contributed by atoms with Crippen LogP contribution in [0.1, 0.15) is 5.37 Å². The average molecular weight is 253 g/mol. The van der Waals surface area contributed by atoms with E-state index in [0.29, 0.717) is 22.7 Å². The molecule has 0 amide bonds. The fourth-order valence-corrected chi connectivity index (χ4v) is 3.17. The molecule has 3 heterocycles. The molecular formula is C9H11N5O2S. The van der Waals surface area contributed by atoms with Crippen molar-refractivity contribution in [3.05, 3.63) is 12.7 Å². The van der Waals surface area contributed by atoms with E-state index in [4.69, 9.17) is 5.73 Å². The molecule has 2 aromatic heterocycles. The van der Waals surface area contributed by atoms with Crippen LogP contribution in [-0.2, 0) is 0 Å². The summed E-state index contributed by atoms with van der Waals surface area (Å²) in [7, 11) is 0. The number of anilines is 1.